The molecule has 2 heterocycles. The Morgan fingerprint density at radius 2 is 1.88 bits per heavy atom. The van der Waals surface area contributed by atoms with Gasteiger partial charge in [-0.15, -0.1) is 0 Å². The number of carbonyl (C=O) groups is 2. The number of nitrogens with zero attached hydrogens (tertiary/aromatic N) is 3. The highest BCUT2D eigenvalue weighted by atomic mass is 32.2. The summed E-state index contributed by atoms with van der Waals surface area (Å²) in [5, 5.41) is 6.93. The van der Waals surface area contributed by atoms with E-state index in [1.165, 1.54) is 6.92 Å². The van der Waals surface area contributed by atoms with Crippen LogP contribution in [0.25, 0.3) is 22.8 Å². The number of amides is 2. The van der Waals surface area contributed by atoms with Crippen molar-refractivity contribution >= 4 is 35.0 Å². The molecule has 0 atom stereocenters. The van der Waals surface area contributed by atoms with Gasteiger partial charge < -0.3 is 14.7 Å². The van der Waals surface area contributed by atoms with E-state index in [-0.39, 0.29) is 11.8 Å². The summed E-state index contributed by atoms with van der Waals surface area (Å²) in [5.74, 6) is 0.674. The number of fused-ring (bicyclic) bond motifs is 2. The molecule has 0 aliphatic carbocycles. The van der Waals surface area contributed by atoms with E-state index in [2.05, 4.69) is 22.4 Å². The SMILES string of the molecule is CCCN1C(=O)c2ccccc2Sc2cc(-c3noc(-c4cccc(NC(C)=O)c4)n3)ccc21. The Hall–Kier alpha value is -3.91. The van der Waals surface area contributed by atoms with Crippen LogP contribution in [-0.2, 0) is 4.79 Å². The first-order valence-electron chi connectivity index (χ1n) is 11.0. The fourth-order valence-electron chi connectivity index (χ4n) is 3.90. The second-order valence-electron chi connectivity index (χ2n) is 7.92. The monoisotopic (exact) mass is 470 g/mol. The number of rotatable bonds is 5. The summed E-state index contributed by atoms with van der Waals surface area (Å²) >= 11 is 1.57. The zero-order valence-corrected chi connectivity index (χ0v) is 19.6. The molecular formula is C26H22N4O3S. The van der Waals surface area contributed by atoms with Crippen molar-refractivity contribution in [2.24, 2.45) is 0 Å². The number of anilines is 2. The second kappa shape index (κ2) is 9.15. The molecule has 0 unspecified atom stereocenters. The molecule has 2 amide bonds. The highest BCUT2D eigenvalue weighted by molar-refractivity contribution is 7.99. The lowest BCUT2D eigenvalue weighted by atomic mass is 10.1. The first-order chi connectivity index (χ1) is 16.5. The smallest absolute Gasteiger partial charge is 0.259 e. The molecule has 34 heavy (non-hydrogen) atoms. The Labute approximate surface area is 201 Å². The molecule has 1 N–H and O–H groups in total. The highest BCUT2D eigenvalue weighted by Crippen LogP contribution is 2.43. The molecule has 1 aromatic heterocycles. The number of aromatic nitrogens is 2. The quantitative estimate of drug-likeness (QED) is 0.392. The largest absolute Gasteiger partial charge is 0.334 e. The minimum atomic E-state index is -0.150. The van der Waals surface area contributed by atoms with Gasteiger partial charge in [0, 0.05) is 40.1 Å². The topological polar surface area (TPSA) is 88.3 Å². The third-order valence-corrected chi connectivity index (χ3v) is 6.52. The Morgan fingerprint density at radius 3 is 2.71 bits per heavy atom. The average Bonchev–Trinajstić information content (AvgIpc) is 3.29. The fourth-order valence-corrected chi connectivity index (χ4v) is 5.02. The number of hydrogen-bond acceptors (Lipinski definition) is 6. The molecule has 8 heteroatoms. The molecule has 4 aromatic rings. The van der Waals surface area contributed by atoms with Crippen molar-refractivity contribution < 1.29 is 14.1 Å². The summed E-state index contributed by atoms with van der Waals surface area (Å²) < 4.78 is 5.52. The van der Waals surface area contributed by atoms with Gasteiger partial charge in [-0.2, -0.15) is 4.98 Å². The number of hydrogen-bond donors (Lipinski definition) is 1. The third kappa shape index (κ3) is 4.20. The lowest BCUT2D eigenvalue weighted by Gasteiger charge is -2.22. The normalized spacial score (nSPS) is 12.6. The average molecular weight is 471 g/mol. The Morgan fingerprint density at radius 1 is 1.03 bits per heavy atom. The predicted molar refractivity (Wildman–Crippen MR) is 132 cm³/mol. The van der Waals surface area contributed by atoms with Gasteiger partial charge in [0.05, 0.1) is 11.3 Å². The van der Waals surface area contributed by atoms with E-state index < -0.39 is 0 Å². The van der Waals surface area contributed by atoms with Crippen LogP contribution >= 0.6 is 11.8 Å². The number of nitrogens with one attached hydrogen (secondary N) is 1. The van der Waals surface area contributed by atoms with E-state index in [1.807, 2.05) is 59.5 Å². The summed E-state index contributed by atoms with van der Waals surface area (Å²) in [5.41, 5.74) is 3.75. The molecule has 3 aromatic carbocycles. The summed E-state index contributed by atoms with van der Waals surface area (Å²) in [6, 6.07) is 20.8. The lowest BCUT2D eigenvalue weighted by Crippen LogP contribution is -2.31. The minimum absolute atomic E-state index is 0.0114. The van der Waals surface area contributed by atoms with Crippen LogP contribution in [0.3, 0.4) is 0 Å². The molecule has 0 spiro atoms. The minimum Gasteiger partial charge on any atom is -0.334 e. The summed E-state index contributed by atoms with van der Waals surface area (Å²) in [4.78, 5) is 32.9. The number of benzene rings is 3. The predicted octanol–water partition coefficient (Wildman–Crippen LogP) is 5.88. The van der Waals surface area contributed by atoms with Gasteiger partial charge >= 0.3 is 0 Å². The van der Waals surface area contributed by atoms with E-state index in [1.54, 1.807) is 23.9 Å². The third-order valence-electron chi connectivity index (χ3n) is 5.39. The molecule has 0 fully saturated rings. The molecule has 7 nitrogen and oxygen atoms in total. The first-order valence-corrected chi connectivity index (χ1v) is 11.8. The van der Waals surface area contributed by atoms with Crippen LogP contribution < -0.4 is 10.2 Å². The van der Waals surface area contributed by atoms with Crippen LogP contribution in [0.1, 0.15) is 30.6 Å². The molecule has 1 aliphatic heterocycles. The molecular weight excluding hydrogens is 448 g/mol. The van der Waals surface area contributed by atoms with Crippen molar-refractivity contribution in [1.82, 2.24) is 10.1 Å². The highest BCUT2D eigenvalue weighted by Gasteiger charge is 2.27. The van der Waals surface area contributed by atoms with E-state index in [9.17, 15) is 9.59 Å². The van der Waals surface area contributed by atoms with Crippen molar-refractivity contribution in [3.8, 4) is 22.8 Å². The molecule has 1 aliphatic rings. The van der Waals surface area contributed by atoms with Gasteiger partial charge in [0.25, 0.3) is 11.8 Å². The molecule has 0 saturated heterocycles. The van der Waals surface area contributed by atoms with Crippen LogP contribution in [0, 0.1) is 0 Å². The maximum Gasteiger partial charge on any atom is 0.259 e. The second-order valence-corrected chi connectivity index (χ2v) is 9.01. The summed E-state index contributed by atoms with van der Waals surface area (Å²) in [6.45, 7) is 4.16. The van der Waals surface area contributed by atoms with Crippen molar-refractivity contribution in [2.45, 2.75) is 30.1 Å². The fraction of sp³-hybridized carbons (Fsp3) is 0.154. The van der Waals surface area contributed by atoms with Gasteiger partial charge in [0.15, 0.2) is 0 Å². The maximum atomic E-state index is 13.2. The van der Waals surface area contributed by atoms with E-state index in [0.29, 0.717) is 35.1 Å². The zero-order valence-electron chi connectivity index (χ0n) is 18.7. The molecule has 0 radical (unpaired) electrons. The van der Waals surface area contributed by atoms with Crippen molar-refractivity contribution in [3.63, 3.8) is 0 Å². The van der Waals surface area contributed by atoms with Crippen LogP contribution in [0.4, 0.5) is 11.4 Å². The Bertz CT molecular complexity index is 1400. The number of carbonyl (C=O) groups excluding carboxylic acids is 2. The molecule has 0 bridgehead atoms. The van der Waals surface area contributed by atoms with Gasteiger partial charge in [-0.25, -0.2) is 0 Å². The van der Waals surface area contributed by atoms with Crippen molar-refractivity contribution in [1.29, 1.82) is 0 Å². The first kappa shape index (κ1) is 21.9. The van der Waals surface area contributed by atoms with Crippen LogP contribution in [0.15, 0.2) is 81.0 Å². The molecule has 170 valence electrons. The van der Waals surface area contributed by atoms with Gasteiger partial charge in [-0.05, 0) is 55.0 Å². The summed E-state index contributed by atoms with van der Waals surface area (Å²) in [7, 11) is 0. The van der Waals surface area contributed by atoms with Crippen molar-refractivity contribution in [3.05, 3.63) is 72.3 Å². The van der Waals surface area contributed by atoms with Gasteiger partial charge in [0.1, 0.15) is 0 Å². The Balaban J connectivity index is 1.51. The van der Waals surface area contributed by atoms with Crippen LogP contribution in [-0.4, -0.2) is 28.5 Å². The lowest BCUT2D eigenvalue weighted by molar-refractivity contribution is -0.114. The van der Waals surface area contributed by atoms with Gasteiger partial charge in [-0.3, -0.25) is 9.59 Å². The van der Waals surface area contributed by atoms with Crippen molar-refractivity contribution in [2.75, 3.05) is 16.8 Å². The maximum absolute atomic E-state index is 13.2. The van der Waals surface area contributed by atoms with Gasteiger partial charge in [-0.1, -0.05) is 42.0 Å². The summed E-state index contributed by atoms with van der Waals surface area (Å²) in [6.07, 6.45) is 0.853. The van der Waals surface area contributed by atoms with E-state index in [0.717, 1.165) is 27.5 Å². The molecule has 5 rings (SSSR count). The van der Waals surface area contributed by atoms with Gasteiger partial charge in [0.2, 0.25) is 11.7 Å². The van der Waals surface area contributed by atoms with E-state index in [4.69, 9.17) is 4.52 Å². The van der Waals surface area contributed by atoms with E-state index >= 15 is 0 Å². The Kier molecular flexibility index (Phi) is 5.90. The van der Waals surface area contributed by atoms with Crippen LogP contribution in [0.5, 0.6) is 0 Å². The standard InChI is InChI=1S/C26H22N4O3S/c1-3-13-30-21-12-11-17(15-23(21)34-22-10-5-4-9-20(22)26(30)32)24-28-25(33-29-24)18-7-6-8-19(14-18)27-16(2)31/h4-12,14-15H,3,13H2,1-2H3,(H,27,31). The zero-order chi connectivity index (χ0) is 23.7. The van der Waals surface area contributed by atoms with Crippen LogP contribution in [0.2, 0.25) is 0 Å². The molecule has 0 saturated carbocycles.